The Kier molecular flexibility index (Phi) is 4.29. The number of hydrogen-bond donors (Lipinski definition) is 1. The Morgan fingerprint density at radius 3 is 2.61 bits per heavy atom. The minimum Gasteiger partial charge on any atom is -0.327 e. The van der Waals surface area contributed by atoms with Crippen molar-refractivity contribution in [1.82, 2.24) is 0 Å². The average molecular weight is 270 g/mol. The minimum absolute atomic E-state index is 0.0979. The first kappa shape index (κ1) is 13.8. The molecule has 1 fully saturated rings. The Hall–Kier alpha value is -0.600. The topological polar surface area (TPSA) is 26.0 Å². The van der Waals surface area contributed by atoms with Crippen LogP contribution in [0.3, 0.4) is 0 Å². The first-order valence-electron chi connectivity index (χ1n) is 6.71. The van der Waals surface area contributed by atoms with E-state index < -0.39 is 0 Å². The molecule has 1 unspecified atom stereocenters. The Balaban J connectivity index is 2.08. The lowest BCUT2D eigenvalue weighted by Gasteiger charge is -2.39. The van der Waals surface area contributed by atoms with Gasteiger partial charge in [-0.15, -0.1) is 0 Å². The smallest absolute Gasteiger partial charge is 0.124 e. The molecule has 1 aliphatic carbocycles. The SMILES string of the molecule is CC1(C(N)Cc2ccc(F)cc2Cl)CCCCC1. The van der Waals surface area contributed by atoms with Crippen LogP contribution in [0, 0.1) is 11.2 Å². The van der Waals surface area contributed by atoms with Gasteiger partial charge < -0.3 is 5.73 Å². The summed E-state index contributed by atoms with van der Waals surface area (Å²) in [5.41, 5.74) is 7.53. The van der Waals surface area contributed by atoms with Gasteiger partial charge in [-0.25, -0.2) is 4.39 Å². The van der Waals surface area contributed by atoms with E-state index in [0.717, 1.165) is 12.0 Å². The molecular weight excluding hydrogens is 249 g/mol. The lowest BCUT2D eigenvalue weighted by Crippen LogP contribution is -2.42. The summed E-state index contributed by atoms with van der Waals surface area (Å²) < 4.78 is 13.0. The van der Waals surface area contributed by atoms with Crippen molar-refractivity contribution in [2.45, 2.75) is 51.5 Å². The summed E-state index contributed by atoms with van der Waals surface area (Å²) in [6.45, 7) is 2.27. The molecule has 1 aromatic carbocycles. The first-order chi connectivity index (χ1) is 8.51. The molecule has 2 N–H and O–H groups in total. The zero-order chi connectivity index (χ0) is 13.2. The zero-order valence-electron chi connectivity index (χ0n) is 10.9. The van der Waals surface area contributed by atoms with E-state index in [0.29, 0.717) is 5.02 Å². The highest BCUT2D eigenvalue weighted by Gasteiger charge is 2.33. The third kappa shape index (κ3) is 3.04. The molecular formula is C15H21ClFN. The van der Waals surface area contributed by atoms with Crippen molar-refractivity contribution < 1.29 is 4.39 Å². The van der Waals surface area contributed by atoms with Crippen LogP contribution in [-0.2, 0) is 6.42 Å². The number of hydrogen-bond acceptors (Lipinski definition) is 1. The summed E-state index contributed by atoms with van der Waals surface area (Å²) in [7, 11) is 0. The fraction of sp³-hybridized carbons (Fsp3) is 0.600. The van der Waals surface area contributed by atoms with Gasteiger partial charge in [-0.3, -0.25) is 0 Å². The fourth-order valence-electron chi connectivity index (χ4n) is 2.90. The maximum Gasteiger partial charge on any atom is 0.124 e. The molecule has 0 amide bonds. The molecule has 0 radical (unpaired) electrons. The van der Waals surface area contributed by atoms with Crippen LogP contribution in [0.2, 0.25) is 5.02 Å². The van der Waals surface area contributed by atoms with Crippen LogP contribution in [0.15, 0.2) is 18.2 Å². The molecule has 1 atom stereocenters. The molecule has 1 aromatic rings. The normalized spacial score (nSPS) is 20.7. The van der Waals surface area contributed by atoms with Gasteiger partial charge in [0, 0.05) is 11.1 Å². The molecule has 1 nitrogen and oxygen atoms in total. The molecule has 18 heavy (non-hydrogen) atoms. The van der Waals surface area contributed by atoms with E-state index in [1.54, 1.807) is 6.07 Å². The molecule has 0 bridgehead atoms. The number of nitrogens with two attached hydrogens (primary N) is 1. The van der Waals surface area contributed by atoms with Crippen molar-refractivity contribution in [3.8, 4) is 0 Å². The molecule has 0 heterocycles. The predicted octanol–water partition coefficient (Wildman–Crippen LogP) is 4.32. The third-order valence-electron chi connectivity index (χ3n) is 4.35. The van der Waals surface area contributed by atoms with Crippen LogP contribution in [0.4, 0.5) is 4.39 Å². The molecule has 0 aliphatic heterocycles. The summed E-state index contributed by atoms with van der Waals surface area (Å²) in [5, 5.41) is 0.491. The average Bonchev–Trinajstić information content (AvgIpc) is 2.33. The molecule has 0 saturated heterocycles. The molecule has 100 valence electrons. The van der Waals surface area contributed by atoms with E-state index in [1.807, 2.05) is 0 Å². The fourth-order valence-corrected chi connectivity index (χ4v) is 3.15. The summed E-state index contributed by atoms with van der Waals surface area (Å²) in [5.74, 6) is -0.291. The van der Waals surface area contributed by atoms with Crippen molar-refractivity contribution in [2.24, 2.45) is 11.1 Å². The first-order valence-corrected chi connectivity index (χ1v) is 7.08. The lowest BCUT2D eigenvalue weighted by molar-refractivity contribution is 0.169. The van der Waals surface area contributed by atoms with Crippen molar-refractivity contribution in [3.63, 3.8) is 0 Å². The highest BCUT2D eigenvalue weighted by Crippen LogP contribution is 2.39. The predicted molar refractivity (Wildman–Crippen MR) is 74.3 cm³/mol. The quantitative estimate of drug-likeness (QED) is 0.869. The van der Waals surface area contributed by atoms with Gasteiger partial charge in [0.2, 0.25) is 0 Å². The second-order valence-corrected chi connectivity index (χ2v) is 6.17. The van der Waals surface area contributed by atoms with Gasteiger partial charge >= 0.3 is 0 Å². The maximum atomic E-state index is 13.0. The molecule has 3 heteroatoms. The number of benzene rings is 1. The van der Waals surface area contributed by atoms with Crippen LogP contribution < -0.4 is 5.73 Å². The second kappa shape index (κ2) is 5.58. The molecule has 2 rings (SSSR count). The highest BCUT2D eigenvalue weighted by molar-refractivity contribution is 6.31. The van der Waals surface area contributed by atoms with E-state index in [-0.39, 0.29) is 17.3 Å². The highest BCUT2D eigenvalue weighted by atomic mass is 35.5. The number of rotatable bonds is 3. The van der Waals surface area contributed by atoms with Crippen LogP contribution in [-0.4, -0.2) is 6.04 Å². The zero-order valence-corrected chi connectivity index (χ0v) is 11.6. The second-order valence-electron chi connectivity index (χ2n) is 5.76. The van der Waals surface area contributed by atoms with E-state index in [2.05, 4.69) is 6.92 Å². The van der Waals surface area contributed by atoms with Crippen LogP contribution >= 0.6 is 11.6 Å². The third-order valence-corrected chi connectivity index (χ3v) is 4.70. The van der Waals surface area contributed by atoms with Gasteiger partial charge in [0.15, 0.2) is 0 Å². The van der Waals surface area contributed by atoms with Gasteiger partial charge in [-0.05, 0) is 42.4 Å². The van der Waals surface area contributed by atoms with Gasteiger partial charge in [-0.2, -0.15) is 0 Å². The van der Waals surface area contributed by atoms with Gasteiger partial charge in [0.1, 0.15) is 5.82 Å². The number of halogens is 2. The Bertz CT molecular complexity index is 413. The van der Waals surface area contributed by atoms with Gasteiger partial charge in [-0.1, -0.05) is 43.9 Å². The Labute approximate surface area is 114 Å². The largest absolute Gasteiger partial charge is 0.327 e. The monoisotopic (exact) mass is 269 g/mol. The minimum atomic E-state index is -0.291. The molecule has 1 aliphatic rings. The van der Waals surface area contributed by atoms with E-state index in [1.165, 1.54) is 44.2 Å². The molecule has 0 spiro atoms. The van der Waals surface area contributed by atoms with Crippen molar-refractivity contribution in [1.29, 1.82) is 0 Å². The summed E-state index contributed by atoms with van der Waals surface area (Å²) in [6.07, 6.45) is 6.96. The van der Waals surface area contributed by atoms with Crippen molar-refractivity contribution in [3.05, 3.63) is 34.6 Å². The molecule has 0 aromatic heterocycles. The Morgan fingerprint density at radius 2 is 2.00 bits per heavy atom. The summed E-state index contributed by atoms with van der Waals surface area (Å²) in [4.78, 5) is 0. The maximum absolute atomic E-state index is 13.0. The van der Waals surface area contributed by atoms with Crippen LogP contribution in [0.1, 0.15) is 44.6 Å². The van der Waals surface area contributed by atoms with Crippen molar-refractivity contribution >= 4 is 11.6 Å². The van der Waals surface area contributed by atoms with E-state index >= 15 is 0 Å². The van der Waals surface area contributed by atoms with Crippen LogP contribution in [0.5, 0.6) is 0 Å². The standard InChI is InChI=1S/C15H21ClFN/c1-15(7-3-2-4-8-15)14(18)9-11-5-6-12(17)10-13(11)16/h5-6,10,14H,2-4,7-9,18H2,1H3. The van der Waals surface area contributed by atoms with Gasteiger partial charge in [0.05, 0.1) is 0 Å². The van der Waals surface area contributed by atoms with Crippen LogP contribution in [0.25, 0.3) is 0 Å². The van der Waals surface area contributed by atoms with Crippen molar-refractivity contribution in [2.75, 3.05) is 0 Å². The van der Waals surface area contributed by atoms with E-state index in [9.17, 15) is 4.39 Å². The summed E-state index contributed by atoms with van der Waals surface area (Å²) in [6, 6.07) is 4.67. The van der Waals surface area contributed by atoms with E-state index in [4.69, 9.17) is 17.3 Å². The summed E-state index contributed by atoms with van der Waals surface area (Å²) >= 11 is 6.06. The lowest BCUT2D eigenvalue weighted by atomic mass is 9.69. The molecule has 1 saturated carbocycles. The van der Waals surface area contributed by atoms with Gasteiger partial charge in [0.25, 0.3) is 0 Å². The Morgan fingerprint density at radius 1 is 1.33 bits per heavy atom.